The van der Waals surface area contributed by atoms with Gasteiger partial charge in [-0.25, -0.2) is 0 Å². The third kappa shape index (κ3) is 4.67. The Morgan fingerprint density at radius 2 is 1.44 bits per heavy atom. The summed E-state index contributed by atoms with van der Waals surface area (Å²) in [7, 11) is 0. The number of rotatable bonds is 7. The topological polar surface area (TPSA) is 12.5 Å². The van der Waals surface area contributed by atoms with Crippen LogP contribution in [0.3, 0.4) is 0 Å². The molecule has 3 aliphatic heterocycles. The van der Waals surface area contributed by atoms with Crippen LogP contribution in [0.25, 0.3) is 0 Å². The zero-order valence-electron chi connectivity index (χ0n) is 19.4. The van der Waals surface area contributed by atoms with Gasteiger partial charge in [-0.2, -0.15) is 0 Å². The second-order valence-corrected chi connectivity index (χ2v) is 9.84. The third-order valence-electron chi connectivity index (χ3n) is 7.46. The van der Waals surface area contributed by atoms with Crippen molar-refractivity contribution >= 4 is 0 Å². The lowest BCUT2D eigenvalue weighted by atomic mass is 9.72. The van der Waals surface area contributed by atoms with Gasteiger partial charge in [-0.1, -0.05) is 90.0 Å². The smallest absolute Gasteiger partial charge is 0.0769 e. The molecule has 3 aromatic carbocycles. The van der Waals surface area contributed by atoms with Gasteiger partial charge in [-0.3, -0.25) is 4.90 Å². The van der Waals surface area contributed by atoms with Crippen molar-refractivity contribution in [2.24, 2.45) is 5.92 Å². The van der Waals surface area contributed by atoms with Crippen molar-refractivity contribution in [3.05, 3.63) is 107 Å². The SMILES string of the molecule is Cc1cc(C)cc(COC2C3CCN(CC3)C2C(Cc2ccccc2)c2ccccc2)c1. The quantitative estimate of drug-likeness (QED) is 0.440. The van der Waals surface area contributed by atoms with Crippen LogP contribution in [0.15, 0.2) is 78.9 Å². The molecule has 6 rings (SSSR count). The minimum Gasteiger partial charge on any atom is -0.372 e. The maximum absolute atomic E-state index is 6.82. The molecule has 2 nitrogen and oxygen atoms in total. The Hall–Kier alpha value is -2.42. The van der Waals surface area contributed by atoms with Gasteiger partial charge in [0.15, 0.2) is 0 Å². The molecule has 0 amide bonds. The summed E-state index contributed by atoms with van der Waals surface area (Å²) in [5, 5.41) is 0. The Labute approximate surface area is 193 Å². The first-order chi connectivity index (χ1) is 15.7. The van der Waals surface area contributed by atoms with Crippen molar-refractivity contribution < 1.29 is 4.74 Å². The number of hydrogen-bond donors (Lipinski definition) is 0. The van der Waals surface area contributed by atoms with Crippen LogP contribution < -0.4 is 0 Å². The third-order valence-corrected chi connectivity index (χ3v) is 7.46. The second kappa shape index (κ2) is 9.60. The minimum atomic E-state index is 0.284. The molecule has 166 valence electrons. The lowest BCUT2D eigenvalue weighted by Gasteiger charge is -2.53. The van der Waals surface area contributed by atoms with E-state index in [1.165, 1.54) is 53.7 Å². The highest BCUT2D eigenvalue weighted by Gasteiger charge is 2.46. The summed E-state index contributed by atoms with van der Waals surface area (Å²) in [5.41, 5.74) is 6.79. The molecule has 0 radical (unpaired) electrons. The first-order valence-corrected chi connectivity index (χ1v) is 12.2. The lowest BCUT2D eigenvalue weighted by Crippen LogP contribution is -2.61. The van der Waals surface area contributed by atoms with Gasteiger partial charge in [0.05, 0.1) is 12.7 Å². The van der Waals surface area contributed by atoms with Gasteiger partial charge >= 0.3 is 0 Å². The van der Waals surface area contributed by atoms with E-state index in [-0.39, 0.29) is 6.10 Å². The lowest BCUT2D eigenvalue weighted by molar-refractivity contribution is -0.123. The van der Waals surface area contributed by atoms with Gasteiger partial charge in [0.1, 0.15) is 0 Å². The Morgan fingerprint density at radius 3 is 2.09 bits per heavy atom. The fourth-order valence-corrected chi connectivity index (χ4v) is 6.10. The van der Waals surface area contributed by atoms with Crippen molar-refractivity contribution in [1.29, 1.82) is 0 Å². The number of benzene rings is 3. The summed E-state index contributed by atoms with van der Waals surface area (Å²) >= 11 is 0. The second-order valence-electron chi connectivity index (χ2n) is 9.84. The molecule has 3 aliphatic rings. The van der Waals surface area contributed by atoms with E-state index in [1.807, 2.05) is 0 Å². The van der Waals surface area contributed by atoms with Crippen LogP contribution in [0.2, 0.25) is 0 Å². The summed E-state index contributed by atoms with van der Waals surface area (Å²) in [6.07, 6.45) is 3.87. The van der Waals surface area contributed by atoms with Crippen molar-refractivity contribution in [2.45, 2.75) is 57.8 Å². The molecular formula is C30H35NO. The number of piperidine rings is 3. The molecular weight excluding hydrogens is 390 g/mol. The Balaban J connectivity index is 1.44. The molecule has 2 bridgehead atoms. The van der Waals surface area contributed by atoms with Crippen LogP contribution >= 0.6 is 0 Å². The molecule has 3 fully saturated rings. The van der Waals surface area contributed by atoms with Crippen LogP contribution in [-0.4, -0.2) is 30.1 Å². The van der Waals surface area contributed by atoms with Gasteiger partial charge in [0, 0.05) is 12.0 Å². The maximum Gasteiger partial charge on any atom is 0.0769 e. The van der Waals surface area contributed by atoms with Crippen molar-refractivity contribution in [3.63, 3.8) is 0 Å². The molecule has 3 saturated heterocycles. The van der Waals surface area contributed by atoms with E-state index in [2.05, 4.69) is 97.6 Å². The Kier molecular flexibility index (Phi) is 6.43. The largest absolute Gasteiger partial charge is 0.372 e. The molecule has 0 spiro atoms. The molecule has 3 heterocycles. The van der Waals surface area contributed by atoms with Gasteiger partial charge in [-0.05, 0) is 68.8 Å². The molecule has 3 atom stereocenters. The number of hydrogen-bond acceptors (Lipinski definition) is 2. The molecule has 0 N–H and O–H groups in total. The highest BCUT2D eigenvalue weighted by molar-refractivity contribution is 5.29. The predicted molar refractivity (Wildman–Crippen MR) is 132 cm³/mol. The standard InChI is InChI=1S/C30H35NO/c1-22-17-23(2)19-25(18-22)21-32-30-27-13-15-31(16-14-27)29(30)28(26-11-7-4-8-12-26)20-24-9-5-3-6-10-24/h3-12,17-19,27-30H,13-16,20-21H2,1-2H3. The van der Waals surface area contributed by atoms with Crippen molar-refractivity contribution in [2.75, 3.05) is 13.1 Å². The van der Waals surface area contributed by atoms with Crippen LogP contribution in [-0.2, 0) is 17.8 Å². The van der Waals surface area contributed by atoms with E-state index in [0.717, 1.165) is 6.42 Å². The van der Waals surface area contributed by atoms with Crippen molar-refractivity contribution in [1.82, 2.24) is 4.90 Å². The minimum absolute atomic E-state index is 0.284. The predicted octanol–water partition coefficient (Wildman–Crippen LogP) is 6.31. The number of ether oxygens (including phenoxy) is 1. The highest BCUT2D eigenvalue weighted by Crippen LogP contribution is 2.42. The molecule has 3 unspecified atom stereocenters. The summed E-state index contributed by atoms with van der Waals surface area (Å²) in [6.45, 7) is 7.48. The van der Waals surface area contributed by atoms with Crippen LogP contribution in [0, 0.1) is 19.8 Å². The molecule has 2 heteroatoms. The summed E-state index contributed by atoms with van der Waals surface area (Å²) < 4.78 is 6.82. The highest BCUT2D eigenvalue weighted by atomic mass is 16.5. The van der Waals surface area contributed by atoms with Crippen molar-refractivity contribution in [3.8, 4) is 0 Å². The number of fused-ring (bicyclic) bond motifs is 3. The molecule has 3 aromatic rings. The molecule has 0 aliphatic carbocycles. The fraction of sp³-hybridized carbons (Fsp3) is 0.400. The van der Waals surface area contributed by atoms with Crippen LogP contribution in [0.1, 0.15) is 46.6 Å². The van der Waals surface area contributed by atoms with E-state index in [4.69, 9.17) is 4.74 Å². The monoisotopic (exact) mass is 425 g/mol. The maximum atomic E-state index is 6.82. The van der Waals surface area contributed by atoms with Gasteiger partial charge < -0.3 is 4.74 Å². The molecule has 0 aromatic heterocycles. The van der Waals surface area contributed by atoms with Gasteiger partial charge in [0.25, 0.3) is 0 Å². The number of nitrogens with zero attached hydrogens (tertiary/aromatic N) is 1. The fourth-order valence-electron chi connectivity index (χ4n) is 6.10. The zero-order chi connectivity index (χ0) is 21.9. The Morgan fingerprint density at radius 1 is 0.812 bits per heavy atom. The van der Waals surface area contributed by atoms with Gasteiger partial charge in [-0.15, -0.1) is 0 Å². The normalized spacial score (nSPS) is 25.6. The Bertz CT molecular complexity index is 987. The average molecular weight is 426 g/mol. The summed E-state index contributed by atoms with van der Waals surface area (Å²) in [5.74, 6) is 1.10. The first kappa shape index (κ1) is 21.4. The van der Waals surface area contributed by atoms with Crippen LogP contribution in [0.4, 0.5) is 0 Å². The summed E-state index contributed by atoms with van der Waals surface area (Å²) in [4.78, 5) is 2.73. The zero-order valence-corrected chi connectivity index (χ0v) is 19.4. The van der Waals surface area contributed by atoms with E-state index in [1.54, 1.807) is 0 Å². The number of aryl methyl sites for hydroxylation is 2. The first-order valence-electron chi connectivity index (χ1n) is 12.2. The average Bonchev–Trinajstić information content (AvgIpc) is 2.82. The van der Waals surface area contributed by atoms with E-state index in [9.17, 15) is 0 Å². The molecule has 0 saturated carbocycles. The van der Waals surface area contributed by atoms with E-state index >= 15 is 0 Å². The van der Waals surface area contributed by atoms with Crippen LogP contribution in [0.5, 0.6) is 0 Å². The molecule has 32 heavy (non-hydrogen) atoms. The summed E-state index contributed by atoms with van der Waals surface area (Å²) in [6, 6.07) is 29.4. The van der Waals surface area contributed by atoms with E-state index in [0.29, 0.717) is 24.5 Å². The van der Waals surface area contributed by atoms with E-state index < -0.39 is 0 Å². The van der Waals surface area contributed by atoms with Gasteiger partial charge in [0.2, 0.25) is 0 Å².